The highest BCUT2D eigenvalue weighted by Crippen LogP contribution is 2.29. The lowest BCUT2D eigenvalue weighted by atomic mass is 9.90. The van der Waals surface area contributed by atoms with E-state index in [1.54, 1.807) is 12.1 Å². The molecule has 1 N–H and O–H groups in total. The number of phenolic OH excluding ortho intramolecular Hbond substituents is 1. The van der Waals surface area contributed by atoms with E-state index in [1.165, 1.54) is 0 Å². The van der Waals surface area contributed by atoms with Gasteiger partial charge in [-0.05, 0) is 48.9 Å². The quantitative estimate of drug-likeness (QED) is 0.869. The van der Waals surface area contributed by atoms with E-state index in [2.05, 4.69) is 10.1 Å². The lowest BCUT2D eigenvalue weighted by molar-refractivity contribution is 0.0426. The third-order valence-corrected chi connectivity index (χ3v) is 4.15. The van der Waals surface area contributed by atoms with Gasteiger partial charge in [0.2, 0.25) is 0 Å². The van der Waals surface area contributed by atoms with Gasteiger partial charge in [0.25, 0.3) is 5.89 Å². The number of aromatic nitrogens is 2. The largest absolute Gasteiger partial charge is 0.507 e. The van der Waals surface area contributed by atoms with Crippen LogP contribution >= 0.6 is 0 Å². The molecule has 24 heavy (non-hydrogen) atoms. The van der Waals surface area contributed by atoms with Gasteiger partial charge in [-0.1, -0.05) is 25.9 Å². The Morgan fingerprint density at radius 2 is 1.92 bits per heavy atom. The third-order valence-electron chi connectivity index (χ3n) is 4.15. The van der Waals surface area contributed by atoms with Gasteiger partial charge in [0.1, 0.15) is 11.3 Å². The van der Waals surface area contributed by atoms with E-state index >= 15 is 0 Å². The van der Waals surface area contributed by atoms with Crippen LogP contribution in [0.4, 0.5) is 0 Å². The van der Waals surface area contributed by atoms with Gasteiger partial charge in [0.15, 0.2) is 12.4 Å². The Morgan fingerprint density at radius 1 is 1.25 bits per heavy atom. The van der Waals surface area contributed by atoms with E-state index in [9.17, 15) is 9.90 Å². The fraction of sp³-hybridized carbons (Fsp3) is 0.500. The number of rotatable bonds is 3. The molecule has 128 valence electrons. The first kappa shape index (κ1) is 16.5. The van der Waals surface area contributed by atoms with Crippen LogP contribution in [0.25, 0.3) is 0 Å². The topological polar surface area (TPSA) is 85.5 Å². The predicted octanol–water partition coefficient (Wildman–Crippen LogP) is 3.31. The maximum atomic E-state index is 12.3. The summed E-state index contributed by atoms with van der Waals surface area (Å²) < 4.78 is 10.3. The molecule has 1 aliphatic carbocycles. The second kappa shape index (κ2) is 6.26. The average molecular weight is 330 g/mol. The van der Waals surface area contributed by atoms with Crippen molar-refractivity contribution in [3.05, 3.63) is 40.5 Å². The lowest BCUT2D eigenvalue weighted by Gasteiger charge is -2.17. The summed E-state index contributed by atoms with van der Waals surface area (Å²) >= 11 is 0. The van der Waals surface area contributed by atoms with Gasteiger partial charge >= 0.3 is 5.97 Å². The number of carbonyl (C=O) groups excluding carboxylic acids is 1. The van der Waals surface area contributed by atoms with Gasteiger partial charge in [-0.2, -0.15) is 4.98 Å². The van der Waals surface area contributed by atoms with Crippen LogP contribution in [0.2, 0.25) is 0 Å². The maximum absolute atomic E-state index is 12.3. The number of carbonyl (C=O) groups is 1. The van der Waals surface area contributed by atoms with Crippen LogP contribution < -0.4 is 0 Å². The van der Waals surface area contributed by atoms with Gasteiger partial charge in [-0.15, -0.1) is 0 Å². The number of benzene rings is 1. The van der Waals surface area contributed by atoms with Crippen molar-refractivity contribution >= 4 is 5.97 Å². The molecule has 0 aliphatic heterocycles. The Hall–Kier alpha value is -2.37. The first-order valence-corrected chi connectivity index (χ1v) is 8.19. The molecule has 3 rings (SSSR count). The third kappa shape index (κ3) is 3.42. The number of ether oxygens (including phenoxy) is 1. The highest BCUT2D eigenvalue weighted by molar-refractivity contribution is 5.92. The molecule has 0 unspecified atom stereocenters. The van der Waals surface area contributed by atoms with Crippen molar-refractivity contribution in [2.45, 2.75) is 58.5 Å². The predicted molar refractivity (Wildman–Crippen MR) is 86.9 cm³/mol. The number of esters is 1. The molecule has 0 radical (unpaired) electrons. The van der Waals surface area contributed by atoms with E-state index < -0.39 is 5.97 Å². The van der Waals surface area contributed by atoms with E-state index in [4.69, 9.17) is 9.26 Å². The summed E-state index contributed by atoms with van der Waals surface area (Å²) in [5, 5.41) is 14.0. The van der Waals surface area contributed by atoms with Crippen molar-refractivity contribution in [3.63, 3.8) is 0 Å². The molecule has 0 fully saturated rings. The fourth-order valence-corrected chi connectivity index (χ4v) is 2.76. The van der Waals surface area contributed by atoms with Gasteiger partial charge in [-0.25, -0.2) is 4.79 Å². The van der Waals surface area contributed by atoms with Gasteiger partial charge < -0.3 is 14.4 Å². The first-order chi connectivity index (χ1) is 11.3. The van der Waals surface area contributed by atoms with E-state index in [0.717, 1.165) is 36.8 Å². The van der Waals surface area contributed by atoms with Gasteiger partial charge in [0, 0.05) is 5.41 Å². The molecule has 1 heterocycles. The number of hydrogen-bond donors (Lipinski definition) is 1. The van der Waals surface area contributed by atoms with Crippen molar-refractivity contribution in [2.24, 2.45) is 0 Å². The molecule has 2 aromatic rings. The minimum atomic E-state index is -0.587. The molecule has 6 nitrogen and oxygen atoms in total. The molecule has 0 saturated heterocycles. The SMILES string of the molecule is CC(C)(C)c1noc(COC(=O)c2cc3c(cc2O)CCCC3)n1. The number of aryl methyl sites for hydroxylation is 2. The fourth-order valence-electron chi connectivity index (χ4n) is 2.76. The number of fused-ring (bicyclic) bond motifs is 1. The van der Waals surface area contributed by atoms with Crippen LogP contribution in [0.3, 0.4) is 0 Å². The molecule has 0 atom stereocenters. The summed E-state index contributed by atoms with van der Waals surface area (Å²) in [7, 11) is 0. The van der Waals surface area contributed by atoms with Crippen molar-refractivity contribution in [1.82, 2.24) is 10.1 Å². The number of aromatic hydroxyl groups is 1. The molecule has 1 aromatic carbocycles. The highest BCUT2D eigenvalue weighted by Gasteiger charge is 2.22. The van der Waals surface area contributed by atoms with E-state index in [-0.39, 0.29) is 29.2 Å². The minimum Gasteiger partial charge on any atom is -0.507 e. The summed E-state index contributed by atoms with van der Waals surface area (Å²) in [5.41, 5.74) is 2.18. The number of nitrogens with zero attached hydrogens (tertiary/aromatic N) is 2. The summed E-state index contributed by atoms with van der Waals surface area (Å²) in [6.07, 6.45) is 4.08. The molecule has 0 bridgehead atoms. The standard InChI is InChI=1S/C18H22N2O4/c1-18(2,3)17-19-15(24-20-17)10-23-16(22)13-8-11-6-4-5-7-12(11)9-14(13)21/h8-9,21H,4-7,10H2,1-3H3. The Balaban J connectivity index is 1.70. The molecule has 1 aromatic heterocycles. The van der Waals surface area contributed by atoms with Crippen LogP contribution in [0, 0.1) is 0 Å². The molecule has 0 amide bonds. The van der Waals surface area contributed by atoms with Crippen LogP contribution in [0.15, 0.2) is 16.7 Å². The van der Waals surface area contributed by atoms with Crippen LogP contribution in [-0.2, 0) is 29.6 Å². The summed E-state index contributed by atoms with van der Waals surface area (Å²) in [6.45, 7) is 5.80. The Bertz CT molecular complexity index is 759. The highest BCUT2D eigenvalue weighted by atomic mass is 16.6. The van der Waals surface area contributed by atoms with Crippen molar-refractivity contribution < 1.29 is 19.2 Å². The smallest absolute Gasteiger partial charge is 0.342 e. The Morgan fingerprint density at radius 3 is 2.54 bits per heavy atom. The molecular formula is C18H22N2O4. The normalized spacial score (nSPS) is 14.3. The average Bonchev–Trinajstić information content (AvgIpc) is 3.01. The number of phenols is 1. The van der Waals surface area contributed by atoms with Crippen LogP contribution in [0.1, 0.15) is 66.8 Å². The maximum Gasteiger partial charge on any atom is 0.342 e. The molecule has 0 saturated carbocycles. The summed E-state index contributed by atoms with van der Waals surface area (Å²) in [4.78, 5) is 16.5. The van der Waals surface area contributed by atoms with Crippen molar-refractivity contribution in [3.8, 4) is 5.75 Å². The zero-order valence-electron chi connectivity index (χ0n) is 14.3. The minimum absolute atomic E-state index is 0.0402. The zero-order valence-corrected chi connectivity index (χ0v) is 14.3. The monoisotopic (exact) mass is 330 g/mol. The van der Waals surface area contributed by atoms with Crippen LogP contribution in [-0.4, -0.2) is 21.2 Å². The molecule has 0 spiro atoms. The zero-order chi connectivity index (χ0) is 17.3. The van der Waals surface area contributed by atoms with Crippen molar-refractivity contribution in [1.29, 1.82) is 0 Å². The number of hydrogen-bond acceptors (Lipinski definition) is 6. The summed E-state index contributed by atoms with van der Waals surface area (Å²) in [5.74, 6) is 0.175. The second-order valence-electron chi connectivity index (χ2n) is 7.18. The van der Waals surface area contributed by atoms with Crippen molar-refractivity contribution in [2.75, 3.05) is 0 Å². The van der Waals surface area contributed by atoms with Crippen LogP contribution in [0.5, 0.6) is 5.75 Å². The molecule has 6 heteroatoms. The van der Waals surface area contributed by atoms with Gasteiger partial charge in [0.05, 0.1) is 0 Å². The summed E-state index contributed by atoms with van der Waals surface area (Å²) in [6, 6.07) is 3.41. The second-order valence-corrected chi connectivity index (χ2v) is 7.18. The lowest BCUT2D eigenvalue weighted by Crippen LogP contribution is -2.13. The molecule has 1 aliphatic rings. The Labute approximate surface area is 140 Å². The van der Waals surface area contributed by atoms with E-state index in [0.29, 0.717) is 5.82 Å². The van der Waals surface area contributed by atoms with E-state index in [1.807, 2.05) is 20.8 Å². The Kier molecular flexibility index (Phi) is 4.30. The molecular weight excluding hydrogens is 308 g/mol. The van der Waals surface area contributed by atoms with Gasteiger partial charge in [-0.3, -0.25) is 0 Å². The first-order valence-electron chi connectivity index (χ1n) is 8.19.